The molecule has 0 radical (unpaired) electrons. The van der Waals surface area contributed by atoms with E-state index in [2.05, 4.69) is 4.90 Å². The lowest BCUT2D eigenvalue weighted by atomic mass is 10.1. The van der Waals surface area contributed by atoms with Crippen molar-refractivity contribution in [3.8, 4) is 0 Å². The largest absolute Gasteiger partial charge is 0.416 e. The van der Waals surface area contributed by atoms with Crippen LogP contribution in [0, 0.1) is 0 Å². The predicted octanol–water partition coefficient (Wildman–Crippen LogP) is 3.44. The zero-order valence-electron chi connectivity index (χ0n) is 12.6. The number of halogens is 3. The van der Waals surface area contributed by atoms with E-state index in [1.165, 1.54) is 23.5 Å². The number of amides is 1. The smallest absolute Gasteiger partial charge is 0.294 e. The van der Waals surface area contributed by atoms with Gasteiger partial charge in [-0.1, -0.05) is 12.1 Å². The van der Waals surface area contributed by atoms with Crippen LogP contribution in [-0.2, 0) is 25.7 Å². The van der Waals surface area contributed by atoms with Crippen molar-refractivity contribution in [2.24, 2.45) is 0 Å². The van der Waals surface area contributed by atoms with Crippen LogP contribution in [0.2, 0.25) is 0 Å². The normalized spacial score (nSPS) is 15.2. The molecule has 24 heavy (non-hydrogen) atoms. The number of alkyl halides is 3. The fourth-order valence-corrected chi connectivity index (χ4v) is 3.80. The Hall–Kier alpha value is -1.90. The van der Waals surface area contributed by atoms with E-state index in [1.54, 1.807) is 11.5 Å². The van der Waals surface area contributed by atoms with Gasteiger partial charge in [0, 0.05) is 24.5 Å². The van der Waals surface area contributed by atoms with Crippen LogP contribution in [0.4, 0.5) is 13.2 Å². The molecule has 3 rings (SSSR count). The van der Waals surface area contributed by atoms with Gasteiger partial charge in [-0.25, -0.2) is 5.48 Å². The first-order valence-electron chi connectivity index (χ1n) is 7.31. The summed E-state index contributed by atoms with van der Waals surface area (Å²) in [6.07, 6.45) is -3.54. The lowest BCUT2D eigenvalue weighted by Gasteiger charge is -2.26. The number of fused-ring (bicyclic) bond motifs is 1. The summed E-state index contributed by atoms with van der Waals surface area (Å²) in [5, 5.41) is 8.69. The first-order chi connectivity index (χ1) is 11.4. The Morgan fingerprint density at radius 1 is 1.29 bits per heavy atom. The molecule has 0 unspecified atom stereocenters. The van der Waals surface area contributed by atoms with Crippen LogP contribution in [0.1, 0.15) is 31.2 Å². The highest BCUT2D eigenvalue weighted by Crippen LogP contribution is 2.31. The second kappa shape index (κ2) is 6.54. The third kappa shape index (κ3) is 3.61. The van der Waals surface area contributed by atoms with Gasteiger partial charge in [0.05, 0.1) is 10.4 Å². The topological polar surface area (TPSA) is 52.6 Å². The lowest BCUT2D eigenvalue weighted by molar-refractivity contribution is -0.137. The zero-order chi connectivity index (χ0) is 17.3. The van der Waals surface area contributed by atoms with E-state index in [4.69, 9.17) is 5.21 Å². The van der Waals surface area contributed by atoms with E-state index >= 15 is 0 Å². The molecule has 2 N–H and O–H groups in total. The summed E-state index contributed by atoms with van der Waals surface area (Å²) in [5.41, 5.74) is 2.82. The molecule has 0 atom stereocenters. The summed E-state index contributed by atoms with van der Waals surface area (Å²) in [6, 6.07) is 6.94. The van der Waals surface area contributed by atoms with Gasteiger partial charge in [0.1, 0.15) is 0 Å². The van der Waals surface area contributed by atoms with Crippen molar-refractivity contribution in [3.05, 3.63) is 56.8 Å². The lowest BCUT2D eigenvalue weighted by Crippen LogP contribution is -2.29. The summed E-state index contributed by atoms with van der Waals surface area (Å²) >= 11 is 1.36. The molecule has 0 aliphatic carbocycles. The van der Waals surface area contributed by atoms with E-state index in [0.717, 1.165) is 41.1 Å². The molecule has 0 bridgehead atoms. The van der Waals surface area contributed by atoms with Gasteiger partial charge in [0.2, 0.25) is 0 Å². The number of carbonyl (C=O) groups excluding carboxylic acids is 1. The van der Waals surface area contributed by atoms with Crippen LogP contribution < -0.4 is 5.48 Å². The first kappa shape index (κ1) is 16.9. The van der Waals surface area contributed by atoms with Crippen molar-refractivity contribution >= 4 is 17.2 Å². The van der Waals surface area contributed by atoms with Crippen LogP contribution in [0.15, 0.2) is 30.3 Å². The number of thiophene rings is 1. The highest BCUT2D eigenvalue weighted by atomic mass is 32.1. The van der Waals surface area contributed by atoms with Gasteiger partial charge < -0.3 is 0 Å². The van der Waals surface area contributed by atoms with Gasteiger partial charge in [-0.2, -0.15) is 13.2 Å². The van der Waals surface area contributed by atoms with Crippen LogP contribution in [0.5, 0.6) is 0 Å². The van der Waals surface area contributed by atoms with Crippen molar-refractivity contribution in [2.75, 3.05) is 6.54 Å². The average molecular weight is 356 g/mol. The van der Waals surface area contributed by atoms with Crippen molar-refractivity contribution < 1.29 is 23.2 Å². The first-order valence-corrected chi connectivity index (χ1v) is 8.13. The summed E-state index contributed by atoms with van der Waals surface area (Å²) < 4.78 is 37.7. The summed E-state index contributed by atoms with van der Waals surface area (Å²) in [5.74, 6) is -0.524. The Morgan fingerprint density at radius 3 is 2.62 bits per heavy atom. The maximum absolute atomic E-state index is 12.6. The van der Waals surface area contributed by atoms with Gasteiger partial charge in [0.25, 0.3) is 5.91 Å². The van der Waals surface area contributed by atoms with E-state index in [0.29, 0.717) is 18.0 Å². The molecule has 1 aliphatic heterocycles. The molecule has 128 valence electrons. The molecule has 1 aromatic heterocycles. The maximum Gasteiger partial charge on any atom is 0.416 e. The fraction of sp³-hybridized carbons (Fsp3) is 0.312. The second-order valence-corrected chi connectivity index (χ2v) is 6.79. The molecule has 1 amide bonds. The fourth-order valence-electron chi connectivity index (χ4n) is 2.75. The van der Waals surface area contributed by atoms with Gasteiger partial charge in [-0.3, -0.25) is 14.9 Å². The maximum atomic E-state index is 12.6. The van der Waals surface area contributed by atoms with E-state index < -0.39 is 17.6 Å². The van der Waals surface area contributed by atoms with Crippen molar-refractivity contribution in [1.29, 1.82) is 0 Å². The number of benzene rings is 1. The summed E-state index contributed by atoms with van der Waals surface area (Å²) in [7, 11) is 0. The number of rotatable bonds is 3. The van der Waals surface area contributed by atoms with E-state index in [-0.39, 0.29) is 0 Å². The highest BCUT2D eigenvalue weighted by molar-refractivity contribution is 7.14. The predicted molar refractivity (Wildman–Crippen MR) is 82.8 cm³/mol. The van der Waals surface area contributed by atoms with Crippen molar-refractivity contribution in [3.63, 3.8) is 0 Å². The Kier molecular flexibility index (Phi) is 4.62. The van der Waals surface area contributed by atoms with Crippen LogP contribution in [0.3, 0.4) is 0 Å². The number of carbonyl (C=O) groups is 1. The standard InChI is InChI=1S/C16H15F3N2O2S/c17-16(18,19)12-3-1-10(2-4-12)8-21-6-5-13-11(9-21)7-14(24-13)15(22)20-23/h1-4,7,23H,5-6,8-9H2,(H,20,22). The average Bonchev–Trinajstić information content (AvgIpc) is 2.97. The van der Waals surface area contributed by atoms with Crippen LogP contribution in [-0.4, -0.2) is 22.6 Å². The minimum absolute atomic E-state index is 0.457. The Labute approximate surface area is 140 Å². The van der Waals surface area contributed by atoms with Gasteiger partial charge in [0.15, 0.2) is 0 Å². The number of hydroxylamine groups is 1. The van der Waals surface area contributed by atoms with Gasteiger partial charge in [-0.05, 0) is 35.7 Å². The van der Waals surface area contributed by atoms with E-state index in [9.17, 15) is 18.0 Å². The minimum Gasteiger partial charge on any atom is -0.294 e. The SMILES string of the molecule is O=C(NO)c1cc2c(s1)CCN(Cc1ccc(C(F)(F)F)cc1)C2. The summed E-state index contributed by atoms with van der Waals surface area (Å²) in [6.45, 7) is 1.95. The van der Waals surface area contributed by atoms with Gasteiger partial charge >= 0.3 is 6.18 Å². The van der Waals surface area contributed by atoms with Gasteiger partial charge in [-0.15, -0.1) is 11.3 Å². The Bertz CT molecular complexity index is 741. The van der Waals surface area contributed by atoms with Crippen LogP contribution in [0.25, 0.3) is 0 Å². The molecule has 8 heteroatoms. The van der Waals surface area contributed by atoms with Crippen molar-refractivity contribution in [1.82, 2.24) is 10.4 Å². The Balaban J connectivity index is 1.67. The third-order valence-corrected chi connectivity index (χ3v) is 5.19. The molecule has 0 spiro atoms. The molecule has 1 aromatic carbocycles. The summed E-state index contributed by atoms with van der Waals surface area (Å²) in [4.78, 5) is 15.1. The molecule has 0 saturated carbocycles. The number of hydrogen-bond donors (Lipinski definition) is 2. The molecule has 2 aromatic rings. The minimum atomic E-state index is -4.32. The molecule has 0 saturated heterocycles. The zero-order valence-corrected chi connectivity index (χ0v) is 13.4. The molecule has 2 heterocycles. The van der Waals surface area contributed by atoms with E-state index in [1.807, 2.05) is 0 Å². The molecular weight excluding hydrogens is 341 g/mol. The molecule has 0 fully saturated rings. The monoisotopic (exact) mass is 356 g/mol. The molecule has 4 nitrogen and oxygen atoms in total. The third-order valence-electron chi connectivity index (χ3n) is 3.96. The number of nitrogens with zero attached hydrogens (tertiary/aromatic N) is 1. The number of hydrogen-bond acceptors (Lipinski definition) is 4. The van der Waals surface area contributed by atoms with Crippen molar-refractivity contribution in [2.45, 2.75) is 25.7 Å². The quantitative estimate of drug-likeness (QED) is 0.654. The highest BCUT2D eigenvalue weighted by Gasteiger charge is 2.30. The Morgan fingerprint density at radius 2 is 2.00 bits per heavy atom. The molecular formula is C16H15F3N2O2S. The number of nitrogens with one attached hydrogen (secondary N) is 1. The van der Waals surface area contributed by atoms with Crippen LogP contribution >= 0.6 is 11.3 Å². The molecule has 1 aliphatic rings. The second-order valence-electron chi connectivity index (χ2n) is 5.66.